The van der Waals surface area contributed by atoms with Crippen molar-refractivity contribution in [3.05, 3.63) is 58.6 Å². The topological polar surface area (TPSA) is 0 Å². The Labute approximate surface area is 108 Å². The number of alkyl halides is 3. The average Bonchev–Trinajstić information content (AvgIpc) is 2.29. The van der Waals surface area contributed by atoms with Crippen molar-refractivity contribution in [3.63, 3.8) is 0 Å². The lowest BCUT2D eigenvalue weighted by molar-refractivity contribution is -0.137. The summed E-state index contributed by atoms with van der Waals surface area (Å²) in [5, 5.41) is -0.278. The number of halogens is 4. The fraction of sp³-hybridized carbons (Fsp3) is 0.143. The van der Waals surface area contributed by atoms with Crippen LogP contribution in [-0.4, -0.2) is 0 Å². The molecule has 2 aromatic carbocycles. The van der Waals surface area contributed by atoms with E-state index in [-0.39, 0.29) is 5.02 Å². The van der Waals surface area contributed by atoms with Gasteiger partial charge in [-0.15, -0.1) is 0 Å². The average molecular weight is 271 g/mol. The molecule has 0 heterocycles. The van der Waals surface area contributed by atoms with Crippen molar-refractivity contribution in [2.24, 2.45) is 0 Å². The maximum atomic E-state index is 12.8. The Morgan fingerprint density at radius 1 is 1.00 bits per heavy atom. The molecule has 0 aliphatic rings. The minimum absolute atomic E-state index is 0.278. The summed E-state index contributed by atoms with van der Waals surface area (Å²) in [6.45, 7) is 1.86. The van der Waals surface area contributed by atoms with Gasteiger partial charge in [0.1, 0.15) is 0 Å². The van der Waals surface area contributed by atoms with Gasteiger partial charge in [-0.05, 0) is 35.7 Å². The number of rotatable bonds is 1. The Hall–Kier alpha value is -1.48. The van der Waals surface area contributed by atoms with Crippen LogP contribution in [0.25, 0.3) is 11.1 Å². The van der Waals surface area contributed by atoms with Gasteiger partial charge in [-0.25, -0.2) is 0 Å². The first-order valence-electron chi connectivity index (χ1n) is 5.32. The van der Waals surface area contributed by atoms with Crippen LogP contribution in [0.2, 0.25) is 5.02 Å². The second-order valence-electron chi connectivity index (χ2n) is 4.01. The summed E-state index contributed by atoms with van der Waals surface area (Å²) in [4.78, 5) is 0. The highest BCUT2D eigenvalue weighted by molar-refractivity contribution is 6.31. The van der Waals surface area contributed by atoms with E-state index in [0.29, 0.717) is 5.56 Å². The molecule has 4 heteroatoms. The van der Waals surface area contributed by atoms with Gasteiger partial charge in [0.05, 0.1) is 10.6 Å². The minimum Gasteiger partial charge on any atom is -0.166 e. The van der Waals surface area contributed by atoms with Crippen molar-refractivity contribution in [1.82, 2.24) is 0 Å². The summed E-state index contributed by atoms with van der Waals surface area (Å²) in [5.41, 5.74) is 1.42. The Morgan fingerprint density at radius 3 is 2.28 bits per heavy atom. The van der Waals surface area contributed by atoms with Gasteiger partial charge < -0.3 is 0 Å². The first-order valence-corrected chi connectivity index (χ1v) is 5.70. The van der Waals surface area contributed by atoms with Gasteiger partial charge in [-0.2, -0.15) is 13.2 Å². The van der Waals surface area contributed by atoms with Gasteiger partial charge in [-0.3, -0.25) is 0 Å². The lowest BCUT2D eigenvalue weighted by Gasteiger charge is -2.12. The standard InChI is InChI=1S/C14H10ClF3/c1-9-4-2-3-5-11(9)10-6-7-13(15)12(8-10)14(16,17)18/h2-8H,1H3. The fourth-order valence-corrected chi connectivity index (χ4v) is 2.03. The summed E-state index contributed by atoms with van der Waals surface area (Å²) >= 11 is 5.59. The van der Waals surface area contributed by atoms with E-state index in [2.05, 4.69) is 0 Å². The molecule has 0 saturated carbocycles. The Kier molecular flexibility index (Phi) is 3.35. The maximum absolute atomic E-state index is 12.8. The molecule has 0 unspecified atom stereocenters. The van der Waals surface area contributed by atoms with Crippen LogP contribution in [0.1, 0.15) is 11.1 Å². The molecule has 0 N–H and O–H groups in total. The summed E-state index contributed by atoms with van der Waals surface area (Å²) < 4.78 is 38.3. The van der Waals surface area contributed by atoms with Crippen molar-refractivity contribution >= 4 is 11.6 Å². The molecule has 0 radical (unpaired) electrons. The molecule has 0 saturated heterocycles. The number of aryl methyl sites for hydroxylation is 1. The largest absolute Gasteiger partial charge is 0.417 e. The van der Waals surface area contributed by atoms with Gasteiger partial charge in [0.15, 0.2) is 0 Å². The van der Waals surface area contributed by atoms with E-state index in [1.54, 1.807) is 18.2 Å². The molecule has 0 spiro atoms. The Morgan fingerprint density at radius 2 is 1.67 bits per heavy atom. The van der Waals surface area contributed by atoms with Crippen molar-refractivity contribution < 1.29 is 13.2 Å². The monoisotopic (exact) mass is 270 g/mol. The number of hydrogen-bond acceptors (Lipinski definition) is 0. The smallest absolute Gasteiger partial charge is 0.166 e. The molecule has 94 valence electrons. The Balaban J connectivity index is 2.58. The van der Waals surface area contributed by atoms with E-state index in [1.165, 1.54) is 6.07 Å². The lowest BCUT2D eigenvalue weighted by atomic mass is 9.99. The van der Waals surface area contributed by atoms with Gasteiger partial charge >= 0.3 is 6.18 Å². The second kappa shape index (κ2) is 4.65. The minimum atomic E-state index is -4.43. The number of benzene rings is 2. The van der Waals surface area contributed by atoms with Crippen molar-refractivity contribution in [1.29, 1.82) is 0 Å². The van der Waals surface area contributed by atoms with Crippen LogP contribution in [-0.2, 0) is 6.18 Å². The molecule has 18 heavy (non-hydrogen) atoms. The van der Waals surface area contributed by atoms with E-state index >= 15 is 0 Å². The molecule has 0 aromatic heterocycles. The first kappa shape index (κ1) is 13.0. The fourth-order valence-electron chi connectivity index (χ4n) is 1.81. The zero-order valence-corrected chi connectivity index (χ0v) is 10.3. The summed E-state index contributed by atoms with van der Waals surface area (Å²) in [7, 11) is 0. The predicted molar refractivity (Wildman–Crippen MR) is 66.6 cm³/mol. The summed E-state index contributed by atoms with van der Waals surface area (Å²) in [5.74, 6) is 0. The van der Waals surface area contributed by atoms with Gasteiger partial charge in [0.25, 0.3) is 0 Å². The van der Waals surface area contributed by atoms with Crippen LogP contribution in [0.3, 0.4) is 0 Å². The third-order valence-electron chi connectivity index (χ3n) is 2.73. The Bertz CT molecular complexity index is 573. The molecule has 0 nitrogen and oxygen atoms in total. The highest BCUT2D eigenvalue weighted by Gasteiger charge is 2.33. The van der Waals surface area contributed by atoms with E-state index < -0.39 is 11.7 Å². The molecule has 0 fully saturated rings. The van der Waals surface area contributed by atoms with Crippen LogP contribution >= 0.6 is 11.6 Å². The van der Waals surface area contributed by atoms with Crippen LogP contribution in [0, 0.1) is 6.92 Å². The van der Waals surface area contributed by atoms with Crippen molar-refractivity contribution in [2.75, 3.05) is 0 Å². The highest BCUT2D eigenvalue weighted by atomic mass is 35.5. The zero-order chi connectivity index (χ0) is 13.3. The van der Waals surface area contributed by atoms with Gasteiger partial charge in [-0.1, -0.05) is 41.9 Å². The molecule has 2 aromatic rings. The maximum Gasteiger partial charge on any atom is 0.417 e. The number of hydrogen-bond donors (Lipinski definition) is 0. The summed E-state index contributed by atoms with van der Waals surface area (Å²) in [6, 6.07) is 11.3. The molecule has 0 aliphatic heterocycles. The molecule has 0 aliphatic carbocycles. The first-order chi connectivity index (χ1) is 8.39. The van der Waals surface area contributed by atoms with E-state index in [0.717, 1.165) is 17.2 Å². The molecule has 0 bridgehead atoms. The molecular weight excluding hydrogens is 261 g/mol. The SMILES string of the molecule is Cc1ccccc1-c1ccc(Cl)c(C(F)(F)F)c1. The molecular formula is C14H10ClF3. The summed E-state index contributed by atoms with van der Waals surface area (Å²) in [6.07, 6.45) is -4.43. The van der Waals surface area contributed by atoms with E-state index in [4.69, 9.17) is 11.6 Å². The molecule has 0 atom stereocenters. The third kappa shape index (κ3) is 2.51. The van der Waals surface area contributed by atoms with E-state index in [9.17, 15) is 13.2 Å². The lowest BCUT2D eigenvalue weighted by Crippen LogP contribution is -2.06. The van der Waals surface area contributed by atoms with E-state index in [1.807, 2.05) is 19.1 Å². The zero-order valence-electron chi connectivity index (χ0n) is 9.55. The van der Waals surface area contributed by atoms with Crippen LogP contribution in [0.4, 0.5) is 13.2 Å². The van der Waals surface area contributed by atoms with Crippen molar-refractivity contribution in [2.45, 2.75) is 13.1 Å². The van der Waals surface area contributed by atoms with Crippen LogP contribution in [0.15, 0.2) is 42.5 Å². The second-order valence-corrected chi connectivity index (χ2v) is 4.41. The van der Waals surface area contributed by atoms with Crippen molar-refractivity contribution in [3.8, 4) is 11.1 Å². The van der Waals surface area contributed by atoms with Crippen LogP contribution < -0.4 is 0 Å². The normalized spacial score (nSPS) is 11.6. The molecule has 2 rings (SSSR count). The quantitative estimate of drug-likeness (QED) is 0.657. The highest BCUT2D eigenvalue weighted by Crippen LogP contribution is 2.37. The molecule has 0 amide bonds. The predicted octanol–water partition coefficient (Wildman–Crippen LogP) is 5.33. The van der Waals surface area contributed by atoms with Gasteiger partial charge in [0.2, 0.25) is 0 Å². The third-order valence-corrected chi connectivity index (χ3v) is 3.06. The van der Waals surface area contributed by atoms with Gasteiger partial charge in [0, 0.05) is 0 Å². The van der Waals surface area contributed by atoms with Crippen LogP contribution in [0.5, 0.6) is 0 Å².